The van der Waals surface area contributed by atoms with E-state index >= 15 is 0 Å². The molecule has 0 saturated heterocycles. The molecule has 3 N–H and O–H groups in total. The molecule has 0 fully saturated rings. The maximum Gasteiger partial charge on any atom is 0.335 e. The van der Waals surface area contributed by atoms with Crippen molar-refractivity contribution in [3.8, 4) is 0 Å². The summed E-state index contributed by atoms with van der Waals surface area (Å²) < 4.78 is 0. The zero-order valence-corrected chi connectivity index (χ0v) is 10.9. The van der Waals surface area contributed by atoms with Gasteiger partial charge in [0, 0.05) is 19.7 Å². The van der Waals surface area contributed by atoms with Gasteiger partial charge in [0.05, 0.1) is 5.56 Å². The molecular weight excluding hydrogens is 230 g/mol. The molecule has 100 valence electrons. The molecule has 1 rings (SSSR count). The molecule has 18 heavy (non-hydrogen) atoms. The van der Waals surface area contributed by atoms with Crippen LogP contribution in [0.5, 0.6) is 0 Å². The lowest BCUT2D eigenvalue weighted by Crippen LogP contribution is -2.29. The first-order valence-corrected chi connectivity index (χ1v) is 6.08. The fourth-order valence-corrected chi connectivity index (χ4v) is 1.75. The van der Waals surface area contributed by atoms with Crippen molar-refractivity contribution in [1.29, 1.82) is 0 Å². The van der Waals surface area contributed by atoms with E-state index in [1.165, 1.54) is 0 Å². The summed E-state index contributed by atoms with van der Waals surface area (Å²) in [5, 5.41) is 21.1. The van der Waals surface area contributed by atoms with Gasteiger partial charge in [-0.25, -0.2) is 4.79 Å². The Hall–Kier alpha value is -1.39. The maximum absolute atomic E-state index is 10.8. The number of aliphatic hydroxyl groups excluding tert-OH is 1. The second-order valence-electron chi connectivity index (χ2n) is 5.25. The van der Waals surface area contributed by atoms with E-state index in [0.717, 1.165) is 18.5 Å². The number of carbonyl (C=O) groups is 1. The molecule has 4 nitrogen and oxygen atoms in total. The van der Waals surface area contributed by atoms with Gasteiger partial charge >= 0.3 is 5.97 Å². The Morgan fingerprint density at radius 2 is 2.11 bits per heavy atom. The molecule has 0 aliphatic rings. The van der Waals surface area contributed by atoms with Crippen molar-refractivity contribution < 1.29 is 15.0 Å². The molecule has 4 heteroatoms. The topological polar surface area (TPSA) is 69.6 Å². The maximum atomic E-state index is 10.8. The second-order valence-corrected chi connectivity index (χ2v) is 5.25. The van der Waals surface area contributed by atoms with E-state index in [4.69, 9.17) is 10.2 Å². The van der Waals surface area contributed by atoms with Gasteiger partial charge in [-0.15, -0.1) is 0 Å². The number of carboxylic acids is 1. The van der Waals surface area contributed by atoms with Crippen molar-refractivity contribution in [2.24, 2.45) is 5.41 Å². The van der Waals surface area contributed by atoms with Crippen LogP contribution in [0.4, 0.5) is 0 Å². The summed E-state index contributed by atoms with van der Waals surface area (Å²) in [5.41, 5.74) is 1.30. The molecule has 0 aliphatic heterocycles. The fourth-order valence-electron chi connectivity index (χ4n) is 1.75. The molecule has 0 radical (unpaired) electrons. The minimum absolute atomic E-state index is 0.0408. The van der Waals surface area contributed by atoms with Crippen LogP contribution in [0.25, 0.3) is 0 Å². The van der Waals surface area contributed by atoms with Crippen molar-refractivity contribution in [3.05, 3.63) is 35.4 Å². The van der Waals surface area contributed by atoms with E-state index in [9.17, 15) is 4.79 Å². The van der Waals surface area contributed by atoms with Gasteiger partial charge in [-0.3, -0.25) is 0 Å². The van der Waals surface area contributed by atoms with Crippen LogP contribution in [0, 0.1) is 5.41 Å². The molecular formula is C14H21NO3. The van der Waals surface area contributed by atoms with Gasteiger partial charge in [-0.1, -0.05) is 26.0 Å². The zero-order valence-electron chi connectivity index (χ0n) is 10.9. The number of hydrogen-bond acceptors (Lipinski definition) is 3. The molecule has 0 heterocycles. The van der Waals surface area contributed by atoms with Gasteiger partial charge in [0.25, 0.3) is 0 Å². The smallest absolute Gasteiger partial charge is 0.335 e. The first-order valence-electron chi connectivity index (χ1n) is 6.08. The van der Waals surface area contributed by atoms with Gasteiger partial charge in [0.15, 0.2) is 0 Å². The molecule has 0 spiro atoms. The summed E-state index contributed by atoms with van der Waals surface area (Å²) in [7, 11) is 0. The minimum atomic E-state index is -0.905. The molecule has 0 aromatic heterocycles. The highest BCUT2D eigenvalue weighted by molar-refractivity contribution is 5.87. The average Bonchev–Trinajstić information content (AvgIpc) is 2.29. The van der Waals surface area contributed by atoms with Crippen molar-refractivity contribution in [2.75, 3.05) is 13.2 Å². The first kappa shape index (κ1) is 14.7. The zero-order chi connectivity index (χ0) is 13.6. The van der Waals surface area contributed by atoms with Crippen molar-refractivity contribution in [3.63, 3.8) is 0 Å². The lowest BCUT2D eigenvalue weighted by molar-refractivity contribution is 0.0696. The summed E-state index contributed by atoms with van der Waals surface area (Å²) in [6, 6.07) is 6.91. The number of benzene rings is 1. The van der Waals surface area contributed by atoms with Crippen LogP contribution < -0.4 is 5.32 Å². The van der Waals surface area contributed by atoms with Gasteiger partial charge in [-0.2, -0.15) is 0 Å². The third kappa shape index (κ3) is 4.85. The first-order chi connectivity index (χ1) is 8.44. The monoisotopic (exact) mass is 251 g/mol. The lowest BCUT2D eigenvalue weighted by Gasteiger charge is -2.24. The predicted molar refractivity (Wildman–Crippen MR) is 70.6 cm³/mol. The number of hydrogen-bond donors (Lipinski definition) is 3. The van der Waals surface area contributed by atoms with Crippen molar-refractivity contribution in [1.82, 2.24) is 5.32 Å². The molecule has 0 saturated carbocycles. The summed E-state index contributed by atoms with van der Waals surface area (Å²) >= 11 is 0. The highest BCUT2D eigenvalue weighted by Gasteiger charge is 2.16. The van der Waals surface area contributed by atoms with Crippen LogP contribution in [0.15, 0.2) is 24.3 Å². The fraction of sp³-hybridized carbons (Fsp3) is 0.500. The molecule has 0 amide bonds. The summed E-state index contributed by atoms with van der Waals surface area (Å²) in [6.07, 6.45) is 0.745. The average molecular weight is 251 g/mol. The molecule has 1 aromatic carbocycles. The molecule has 0 bridgehead atoms. The number of rotatable bonds is 7. The molecule has 0 atom stereocenters. The van der Waals surface area contributed by atoms with Crippen LogP contribution in [-0.4, -0.2) is 29.3 Å². The Labute approximate surface area is 108 Å². The second kappa shape index (κ2) is 6.52. The van der Waals surface area contributed by atoms with E-state index < -0.39 is 5.97 Å². The molecule has 0 aliphatic carbocycles. The Morgan fingerprint density at radius 1 is 1.39 bits per heavy atom. The van der Waals surface area contributed by atoms with Crippen molar-refractivity contribution >= 4 is 5.97 Å². The predicted octanol–water partition coefficient (Wildman–Crippen LogP) is 1.88. The van der Waals surface area contributed by atoms with Crippen LogP contribution in [-0.2, 0) is 6.54 Å². The standard InChI is InChI=1S/C14H21NO3/c1-14(2,6-7-16)10-15-9-11-4-3-5-12(8-11)13(17)18/h3-5,8,15-16H,6-7,9-10H2,1-2H3,(H,17,18). The summed E-state index contributed by atoms with van der Waals surface area (Å²) in [4.78, 5) is 10.8. The van der Waals surface area contributed by atoms with E-state index in [-0.39, 0.29) is 12.0 Å². The lowest BCUT2D eigenvalue weighted by atomic mass is 9.90. The minimum Gasteiger partial charge on any atom is -0.478 e. The number of carboxylic acid groups (broad SMARTS) is 1. The normalized spacial score (nSPS) is 11.5. The van der Waals surface area contributed by atoms with E-state index in [2.05, 4.69) is 19.2 Å². The van der Waals surface area contributed by atoms with Gasteiger partial charge in [-0.05, 0) is 29.5 Å². The van der Waals surface area contributed by atoms with Crippen LogP contribution >= 0.6 is 0 Å². The van der Waals surface area contributed by atoms with Gasteiger partial charge < -0.3 is 15.5 Å². The van der Waals surface area contributed by atoms with Crippen molar-refractivity contribution in [2.45, 2.75) is 26.8 Å². The van der Waals surface area contributed by atoms with Crippen LogP contribution in [0.1, 0.15) is 36.2 Å². The van der Waals surface area contributed by atoms with Crippen LogP contribution in [0.3, 0.4) is 0 Å². The van der Waals surface area contributed by atoms with Gasteiger partial charge in [0.1, 0.15) is 0 Å². The SMILES string of the molecule is CC(C)(CCO)CNCc1cccc(C(=O)O)c1. The highest BCUT2D eigenvalue weighted by Crippen LogP contribution is 2.18. The highest BCUT2D eigenvalue weighted by atomic mass is 16.4. The third-order valence-electron chi connectivity index (χ3n) is 2.90. The van der Waals surface area contributed by atoms with E-state index in [1.54, 1.807) is 18.2 Å². The van der Waals surface area contributed by atoms with E-state index in [1.807, 2.05) is 6.07 Å². The Kier molecular flexibility index (Phi) is 5.31. The Bertz CT molecular complexity index is 402. The number of aromatic carboxylic acids is 1. The van der Waals surface area contributed by atoms with Gasteiger partial charge in [0.2, 0.25) is 0 Å². The number of aliphatic hydroxyl groups is 1. The Morgan fingerprint density at radius 3 is 2.72 bits per heavy atom. The molecule has 0 unspecified atom stereocenters. The number of nitrogens with one attached hydrogen (secondary N) is 1. The summed E-state index contributed by atoms with van der Waals surface area (Å²) in [5.74, 6) is -0.905. The largest absolute Gasteiger partial charge is 0.478 e. The van der Waals surface area contributed by atoms with E-state index in [0.29, 0.717) is 12.1 Å². The third-order valence-corrected chi connectivity index (χ3v) is 2.90. The quantitative estimate of drug-likeness (QED) is 0.692. The summed E-state index contributed by atoms with van der Waals surface area (Å²) in [6.45, 7) is 5.78. The Balaban J connectivity index is 2.49. The molecule has 1 aromatic rings. The van der Waals surface area contributed by atoms with Crippen LogP contribution in [0.2, 0.25) is 0 Å².